The van der Waals surface area contributed by atoms with Crippen LogP contribution in [0.1, 0.15) is 60.0 Å². The topological polar surface area (TPSA) is 62.6 Å². The van der Waals surface area contributed by atoms with E-state index >= 15 is 4.39 Å². The lowest BCUT2D eigenvalue weighted by Gasteiger charge is -2.26. The number of pyridine rings is 1. The van der Waals surface area contributed by atoms with Crippen LogP contribution in [0.25, 0.3) is 34.3 Å². The maximum Gasteiger partial charge on any atom is 0.339 e. The molecule has 0 aliphatic carbocycles. The molecule has 0 radical (unpaired) electrons. The molecule has 3 heterocycles. The fraction of sp³-hybridized carbons (Fsp3) is 0.333. The Morgan fingerprint density at radius 2 is 1.90 bits per heavy atom. The van der Waals surface area contributed by atoms with Gasteiger partial charge in [0.05, 0.1) is 19.8 Å². The summed E-state index contributed by atoms with van der Waals surface area (Å²) in [5.41, 5.74) is 7.10. The molecule has 1 unspecified atom stereocenters. The van der Waals surface area contributed by atoms with Gasteiger partial charge in [0.15, 0.2) is 17.7 Å². The smallest absolute Gasteiger partial charge is 0.339 e. The van der Waals surface area contributed by atoms with E-state index in [0.29, 0.717) is 29.2 Å². The monoisotopic (exact) mass is 542 g/mol. The van der Waals surface area contributed by atoms with Gasteiger partial charge in [-0.25, -0.2) is 14.2 Å². The Labute approximate surface area is 234 Å². The van der Waals surface area contributed by atoms with Gasteiger partial charge in [-0.2, -0.15) is 0 Å². The maximum atomic E-state index is 15.6. The summed E-state index contributed by atoms with van der Waals surface area (Å²) in [6.07, 6.45) is 4.32. The minimum Gasteiger partial charge on any atom is -0.490 e. The number of aromatic nitrogens is 2. The molecule has 4 aromatic rings. The first-order valence-electron chi connectivity index (χ1n) is 13.6. The number of carbonyl (C=O) groups excluding carboxylic acids is 1. The molecule has 0 amide bonds. The van der Waals surface area contributed by atoms with E-state index in [1.165, 1.54) is 13.2 Å². The Bertz CT molecular complexity index is 1600. The molecule has 6 nitrogen and oxygen atoms in total. The van der Waals surface area contributed by atoms with Crippen LogP contribution in [0.3, 0.4) is 0 Å². The molecule has 208 valence electrons. The lowest BCUT2D eigenvalue weighted by molar-refractivity contribution is -0.157. The van der Waals surface area contributed by atoms with Crippen LogP contribution in [0.4, 0.5) is 4.39 Å². The second kappa shape index (κ2) is 11.3. The van der Waals surface area contributed by atoms with Gasteiger partial charge >= 0.3 is 5.97 Å². The van der Waals surface area contributed by atoms with Gasteiger partial charge in [0.1, 0.15) is 5.65 Å². The fourth-order valence-electron chi connectivity index (χ4n) is 5.53. The minimum absolute atomic E-state index is 0.262. The number of fused-ring (bicyclic) bond motifs is 2. The van der Waals surface area contributed by atoms with Crippen molar-refractivity contribution in [3.8, 4) is 16.9 Å². The molecule has 0 bridgehead atoms. The van der Waals surface area contributed by atoms with E-state index in [-0.39, 0.29) is 6.10 Å². The largest absolute Gasteiger partial charge is 0.490 e. The minimum atomic E-state index is -1.03. The molecule has 7 heteroatoms. The highest BCUT2D eigenvalue weighted by atomic mass is 19.1. The number of rotatable bonds is 7. The van der Waals surface area contributed by atoms with Crippen LogP contribution in [0.5, 0.6) is 5.75 Å². The SMILES string of the molecule is COC(=O)C(OC(C)C)c1c(C)nc2c(cc(C=Cc3ccccc3)n2C)c1-c1cc(F)c2c(c1C)CCCO2. The van der Waals surface area contributed by atoms with Crippen molar-refractivity contribution >= 4 is 29.2 Å². The lowest BCUT2D eigenvalue weighted by atomic mass is 9.86. The van der Waals surface area contributed by atoms with E-state index < -0.39 is 17.9 Å². The second-order valence-electron chi connectivity index (χ2n) is 10.5. The average molecular weight is 543 g/mol. The molecule has 1 aliphatic rings. The molecule has 5 rings (SSSR count). The summed E-state index contributed by atoms with van der Waals surface area (Å²) in [6, 6.07) is 13.6. The zero-order valence-corrected chi connectivity index (χ0v) is 23.9. The van der Waals surface area contributed by atoms with Gasteiger partial charge in [-0.05, 0) is 75.4 Å². The van der Waals surface area contributed by atoms with E-state index in [2.05, 4.69) is 0 Å². The normalized spacial score (nSPS) is 14.0. The zero-order valence-electron chi connectivity index (χ0n) is 23.9. The van der Waals surface area contributed by atoms with Crippen LogP contribution in [-0.4, -0.2) is 35.3 Å². The van der Waals surface area contributed by atoms with Crippen molar-refractivity contribution in [3.63, 3.8) is 0 Å². The Balaban J connectivity index is 1.83. The van der Waals surface area contributed by atoms with E-state index in [1.54, 1.807) is 0 Å². The molecule has 0 saturated heterocycles. The van der Waals surface area contributed by atoms with Crippen molar-refractivity contribution in [2.75, 3.05) is 13.7 Å². The number of ether oxygens (including phenoxy) is 3. The number of nitrogens with zero attached hydrogens (tertiary/aromatic N) is 2. The Morgan fingerprint density at radius 1 is 1.15 bits per heavy atom. The van der Waals surface area contributed by atoms with Gasteiger partial charge in [-0.15, -0.1) is 0 Å². The predicted molar refractivity (Wildman–Crippen MR) is 156 cm³/mol. The van der Waals surface area contributed by atoms with Crippen molar-refractivity contribution in [2.45, 2.75) is 52.7 Å². The zero-order chi connectivity index (χ0) is 28.6. The third kappa shape index (κ3) is 5.02. The molecule has 0 N–H and O–H groups in total. The van der Waals surface area contributed by atoms with Crippen LogP contribution in [-0.2, 0) is 27.7 Å². The lowest BCUT2D eigenvalue weighted by Crippen LogP contribution is -2.23. The van der Waals surface area contributed by atoms with Crippen LogP contribution in [0, 0.1) is 19.7 Å². The van der Waals surface area contributed by atoms with Gasteiger partial charge in [0.25, 0.3) is 0 Å². The van der Waals surface area contributed by atoms with Crippen molar-refractivity contribution < 1.29 is 23.4 Å². The molecular weight excluding hydrogens is 507 g/mol. The maximum absolute atomic E-state index is 15.6. The molecule has 40 heavy (non-hydrogen) atoms. The summed E-state index contributed by atoms with van der Waals surface area (Å²) in [4.78, 5) is 18.1. The number of methoxy groups -OCH3 is 1. The summed E-state index contributed by atoms with van der Waals surface area (Å²) in [7, 11) is 3.30. The number of halogens is 1. The Morgan fingerprint density at radius 3 is 2.60 bits per heavy atom. The summed E-state index contributed by atoms with van der Waals surface area (Å²) < 4.78 is 34.6. The first-order valence-corrected chi connectivity index (χ1v) is 13.6. The molecule has 0 saturated carbocycles. The molecule has 2 aromatic heterocycles. The van der Waals surface area contributed by atoms with Crippen LogP contribution < -0.4 is 4.74 Å². The first kappa shape index (κ1) is 27.6. The first-order chi connectivity index (χ1) is 19.2. The quantitative estimate of drug-likeness (QED) is 0.233. The fourth-order valence-corrected chi connectivity index (χ4v) is 5.53. The van der Waals surface area contributed by atoms with E-state index in [1.807, 2.05) is 87.9 Å². The third-order valence-corrected chi connectivity index (χ3v) is 7.48. The molecule has 0 spiro atoms. The number of carbonyl (C=O) groups is 1. The highest BCUT2D eigenvalue weighted by Gasteiger charge is 2.33. The number of hydrogen-bond donors (Lipinski definition) is 0. The van der Waals surface area contributed by atoms with E-state index in [0.717, 1.165) is 51.8 Å². The molecular formula is C33H35FN2O4. The standard InChI is InChI=1S/C33H35FN2O4/c1-19(2)40-31(33(37)38-6)28-21(4)35-32-26(17-23(36(32)5)15-14-22-11-8-7-9-12-22)29(28)25-18-27(34)30-24(20(25)3)13-10-16-39-30/h7-9,11-12,14-15,17-19,31H,10,13,16H2,1-6H3. The summed E-state index contributed by atoms with van der Waals surface area (Å²) in [6.45, 7) is 8.08. The van der Waals surface area contributed by atoms with Gasteiger partial charge < -0.3 is 18.8 Å². The Kier molecular flexibility index (Phi) is 7.76. The average Bonchev–Trinajstić information content (AvgIpc) is 3.26. The van der Waals surface area contributed by atoms with Crippen molar-refractivity contribution in [1.82, 2.24) is 9.55 Å². The van der Waals surface area contributed by atoms with Crippen LogP contribution in [0.2, 0.25) is 0 Å². The summed E-state index contributed by atoms with van der Waals surface area (Å²) in [5, 5.41) is 0.802. The highest BCUT2D eigenvalue weighted by molar-refractivity contribution is 6.00. The number of aryl methyl sites for hydroxylation is 2. The molecule has 2 aromatic carbocycles. The van der Waals surface area contributed by atoms with E-state index in [4.69, 9.17) is 19.2 Å². The van der Waals surface area contributed by atoms with Gasteiger partial charge in [-0.1, -0.05) is 36.4 Å². The number of esters is 1. The van der Waals surface area contributed by atoms with Crippen molar-refractivity contribution in [1.29, 1.82) is 0 Å². The van der Waals surface area contributed by atoms with Crippen LogP contribution >= 0.6 is 0 Å². The molecule has 0 fully saturated rings. The van der Waals surface area contributed by atoms with Gasteiger partial charge in [-0.3, -0.25) is 0 Å². The van der Waals surface area contributed by atoms with Crippen molar-refractivity contribution in [3.05, 3.63) is 81.9 Å². The number of benzene rings is 2. The number of hydrogen-bond acceptors (Lipinski definition) is 5. The summed E-state index contributed by atoms with van der Waals surface area (Å²) >= 11 is 0. The molecule has 1 atom stereocenters. The van der Waals surface area contributed by atoms with Gasteiger partial charge in [0, 0.05) is 40.5 Å². The Hall–Kier alpha value is -3.97. The summed E-state index contributed by atoms with van der Waals surface area (Å²) in [5.74, 6) is -0.624. The second-order valence-corrected chi connectivity index (χ2v) is 10.5. The van der Waals surface area contributed by atoms with Crippen molar-refractivity contribution in [2.24, 2.45) is 7.05 Å². The predicted octanol–water partition coefficient (Wildman–Crippen LogP) is 7.13. The molecule has 1 aliphatic heterocycles. The third-order valence-electron chi connectivity index (χ3n) is 7.48. The van der Waals surface area contributed by atoms with Crippen LogP contribution in [0.15, 0.2) is 42.5 Å². The van der Waals surface area contributed by atoms with Gasteiger partial charge in [0.2, 0.25) is 0 Å². The highest BCUT2D eigenvalue weighted by Crippen LogP contribution is 2.44. The van der Waals surface area contributed by atoms with E-state index in [9.17, 15) is 4.79 Å².